The fourth-order valence-corrected chi connectivity index (χ4v) is 3.70. The van der Waals surface area contributed by atoms with Gasteiger partial charge in [0.2, 0.25) is 11.8 Å². The number of aryl methyl sites for hydroxylation is 1. The molecule has 0 aliphatic heterocycles. The highest BCUT2D eigenvalue weighted by Gasteiger charge is 2.30. The number of carbonyl (C=O) groups excluding carboxylic acids is 2. The molecule has 0 bridgehead atoms. The van der Waals surface area contributed by atoms with E-state index in [1.807, 2.05) is 67.6 Å². The van der Waals surface area contributed by atoms with Crippen molar-refractivity contribution in [2.24, 2.45) is 0 Å². The summed E-state index contributed by atoms with van der Waals surface area (Å²) in [7, 11) is 0. The van der Waals surface area contributed by atoms with Crippen molar-refractivity contribution in [3.63, 3.8) is 0 Å². The summed E-state index contributed by atoms with van der Waals surface area (Å²) in [5, 5.41) is 2.85. The SMILES string of the molecule is CCNC(=O)[C@@H](Cc1ccccc1)N(Cc1ccccc1F)C(=O)CCc1ccccc1. The minimum absolute atomic E-state index is 0.0366. The standard InChI is InChI=1S/C27H29FN2O2/c1-2-29-27(32)25(19-22-13-7-4-8-14-22)30(20-23-15-9-10-16-24(23)28)26(31)18-17-21-11-5-3-6-12-21/h3-16,25H,2,17-20H2,1H3,(H,29,32)/t25-/m1/s1. The Labute approximate surface area is 189 Å². The first-order valence-electron chi connectivity index (χ1n) is 11.0. The number of nitrogens with zero attached hydrogens (tertiary/aromatic N) is 1. The highest BCUT2D eigenvalue weighted by atomic mass is 19.1. The topological polar surface area (TPSA) is 49.4 Å². The van der Waals surface area contributed by atoms with Gasteiger partial charge in [-0.05, 0) is 30.5 Å². The molecule has 2 amide bonds. The van der Waals surface area contributed by atoms with E-state index in [-0.39, 0.29) is 30.6 Å². The van der Waals surface area contributed by atoms with Crippen molar-refractivity contribution in [1.29, 1.82) is 0 Å². The summed E-state index contributed by atoms with van der Waals surface area (Å²) >= 11 is 0. The molecule has 0 aromatic heterocycles. The van der Waals surface area contributed by atoms with Crippen LogP contribution in [0, 0.1) is 5.82 Å². The second kappa shape index (κ2) is 11.8. The van der Waals surface area contributed by atoms with E-state index in [1.165, 1.54) is 11.0 Å². The number of rotatable bonds is 10. The first-order chi connectivity index (χ1) is 15.6. The summed E-state index contributed by atoms with van der Waals surface area (Å²) in [6.45, 7) is 2.33. The van der Waals surface area contributed by atoms with E-state index in [0.29, 0.717) is 24.9 Å². The van der Waals surface area contributed by atoms with Crippen LogP contribution in [0.15, 0.2) is 84.9 Å². The Morgan fingerprint density at radius 2 is 1.47 bits per heavy atom. The molecule has 0 saturated carbocycles. The Bertz CT molecular complexity index is 1010. The lowest BCUT2D eigenvalue weighted by atomic mass is 10.0. The summed E-state index contributed by atoms with van der Waals surface area (Å²) in [5.74, 6) is -0.798. The molecule has 166 valence electrons. The molecule has 3 aromatic carbocycles. The number of likely N-dealkylation sites (N-methyl/N-ethyl adjacent to an activating group) is 1. The largest absolute Gasteiger partial charge is 0.355 e. The van der Waals surface area contributed by atoms with Gasteiger partial charge in [0.1, 0.15) is 11.9 Å². The quantitative estimate of drug-likeness (QED) is 0.512. The van der Waals surface area contributed by atoms with Crippen LogP contribution in [0.2, 0.25) is 0 Å². The van der Waals surface area contributed by atoms with Gasteiger partial charge in [0, 0.05) is 31.5 Å². The first-order valence-corrected chi connectivity index (χ1v) is 11.0. The van der Waals surface area contributed by atoms with Gasteiger partial charge >= 0.3 is 0 Å². The molecule has 0 radical (unpaired) electrons. The van der Waals surface area contributed by atoms with E-state index < -0.39 is 6.04 Å². The maximum atomic E-state index is 14.5. The lowest BCUT2D eigenvalue weighted by Crippen LogP contribution is -2.50. The molecule has 0 aliphatic carbocycles. The van der Waals surface area contributed by atoms with Crippen LogP contribution in [-0.2, 0) is 29.0 Å². The van der Waals surface area contributed by atoms with E-state index in [0.717, 1.165) is 11.1 Å². The normalized spacial score (nSPS) is 11.6. The summed E-state index contributed by atoms with van der Waals surface area (Å²) in [6.07, 6.45) is 1.16. The molecule has 1 atom stereocenters. The Hall–Kier alpha value is -3.47. The van der Waals surface area contributed by atoms with Crippen molar-refractivity contribution in [3.8, 4) is 0 Å². The van der Waals surface area contributed by atoms with E-state index >= 15 is 0 Å². The Balaban J connectivity index is 1.89. The number of amides is 2. The van der Waals surface area contributed by atoms with Gasteiger partial charge in [-0.3, -0.25) is 9.59 Å². The highest BCUT2D eigenvalue weighted by molar-refractivity contribution is 5.88. The van der Waals surface area contributed by atoms with Crippen molar-refractivity contribution < 1.29 is 14.0 Å². The fourth-order valence-electron chi connectivity index (χ4n) is 3.70. The zero-order chi connectivity index (χ0) is 22.8. The molecule has 5 heteroatoms. The molecule has 32 heavy (non-hydrogen) atoms. The molecule has 3 rings (SSSR count). The number of halogens is 1. The molecule has 1 N–H and O–H groups in total. The molecular formula is C27H29FN2O2. The lowest BCUT2D eigenvalue weighted by Gasteiger charge is -2.31. The van der Waals surface area contributed by atoms with Crippen LogP contribution in [0.4, 0.5) is 4.39 Å². The zero-order valence-corrected chi connectivity index (χ0v) is 18.3. The van der Waals surface area contributed by atoms with Gasteiger partial charge in [-0.1, -0.05) is 78.9 Å². The van der Waals surface area contributed by atoms with Crippen molar-refractivity contribution in [2.45, 2.75) is 38.8 Å². The van der Waals surface area contributed by atoms with Gasteiger partial charge in [-0.2, -0.15) is 0 Å². The van der Waals surface area contributed by atoms with Gasteiger partial charge in [0.15, 0.2) is 0 Å². The van der Waals surface area contributed by atoms with Gasteiger partial charge in [-0.25, -0.2) is 4.39 Å². The van der Waals surface area contributed by atoms with Crippen LogP contribution in [0.5, 0.6) is 0 Å². The number of carbonyl (C=O) groups is 2. The molecule has 0 heterocycles. The Morgan fingerprint density at radius 3 is 2.09 bits per heavy atom. The third-order valence-electron chi connectivity index (χ3n) is 5.39. The molecule has 3 aromatic rings. The number of nitrogens with one attached hydrogen (secondary N) is 1. The van der Waals surface area contributed by atoms with Crippen LogP contribution in [0.1, 0.15) is 30.0 Å². The number of hydrogen-bond acceptors (Lipinski definition) is 2. The van der Waals surface area contributed by atoms with E-state index in [4.69, 9.17) is 0 Å². The maximum Gasteiger partial charge on any atom is 0.243 e. The third-order valence-corrected chi connectivity index (χ3v) is 5.39. The third kappa shape index (κ3) is 6.51. The average Bonchev–Trinajstić information content (AvgIpc) is 2.82. The zero-order valence-electron chi connectivity index (χ0n) is 18.3. The van der Waals surface area contributed by atoms with Gasteiger partial charge < -0.3 is 10.2 Å². The van der Waals surface area contributed by atoms with Gasteiger partial charge in [-0.15, -0.1) is 0 Å². The van der Waals surface area contributed by atoms with Crippen LogP contribution < -0.4 is 5.32 Å². The van der Waals surface area contributed by atoms with E-state index in [9.17, 15) is 14.0 Å². The van der Waals surface area contributed by atoms with Crippen LogP contribution in [-0.4, -0.2) is 29.3 Å². The monoisotopic (exact) mass is 432 g/mol. The fraction of sp³-hybridized carbons (Fsp3) is 0.259. The summed E-state index contributed by atoms with van der Waals surface area (Å²) in [6, 6.07) is 25.0. The number of benzene rings is 3. The van der Waals surface area contributed by atoms with E-state index in [1.54, 1.807) is 18.2 Å². The van der Waals surface area contributed by atoms with E-state index in [2.05, 4.69) is 5.32 Å². The van der Waals surface area contributed by atoms with Crippen molar-refractivity contribution in [2.75, 3.05) is 6.54 Å². The molecule has 0 aliphatic rings. The summed E-state index contributed by atoms with van der Waals surface area (Å²) < 4.78 is 14.5. The number of hydrogen-bond donors (Lipinski definition) is 1. The average molecular weight is 433 g/mol. The maximum absolute atomic E-state index is 14.5. The van der Waals surface area contributed by atoms with Crippen molar-refractivity contribution in [3.05, 3.63) is 107 Å². The van der Waals surface area contributed by atoms with Crippen molar-refractivity contribution >= 4 is 11.8 Å². The smallest absolute Gasteiger partial charge is 0.243 e. The highest BCUT2D eigenvalue weighted by Crippen LogP contribution is 2.18. The van der Waals surface area contributed by atoms with Crippen molar-refractivity contribution in [1.82, 2.24) is 10.2 Å². The molecular weight excluding hydrogens is 403 g/mol. The minimum atomic E-state index is -0.736. The Kier molecular flexibility index (Phi) is 8.55. The van der Waals surface area contributed by atoms with Gasteiger partial charge in [0.05, 0.1) is 0 Å². The lowest BCUT2D eigenvalue weighted by molar-refractivity contribution is -0.141. The molecule has 4 nitrogen and oxygen atoms in total. The van der Waals surface area contributed by atoms with Crippen LogP contribution in [0.3, 0.4) is 0 Å². The second-order valence-corrected chi connectivity index (χ2v) is 7.70. The Morgan fingerprint density at radius 1 is 0.875 bits per heavy atom. The second-order valence-electron chi connectivity index (χ2n) is 7.70. The van der Waals surface area contributed by atoms with Gasteiger partial charge in [0.25, 0.3) is 0 Å². The first kappa shape index (κ1) is 23.2. The predicted molar refractivity (Wildman–Crippen MR) is 124 cm³/mol. The summed E-state index contributed by atoms with van der Waals surface area (Å²) in [5.41, 5.74) is 2.38. The van der Waals surface area contributed by atoms with Crippen LogP contribution >= 0.6 is 0 Å². The summed E-state index contributed by atoms with van der Waals surface area (Å²) in [4.78, 5) is 28.0. The molecule has 0 saturated heterocycles. The predicted octanol–water partition coefficient (Wildman–Crippen LogP) is 4.53. The molecule has 0 spiro atoms. The molecule has 0 unspecified atom stereocenters. The van der Waals surface area contributed by atoms with Crippen LogP contribution in [0.25, 0.3) is 0 Å². The minimum Gasteiger partial charge on any atom is -0.355 e. The molecule has 0 fully saturated rings.